The molecule has 1 aliphatic rings. The molecule has 0 bridgehead atoms. The second-order valence-corrected chi connectivity index (χ2v) is 16.7. The molecule has 0 saturated carbocycles. The summed E-state index contributed by atoms with van der Waals surface area (Å²) in [5, 5.41) is 2.16. The summed E-state index contributed by atoms with van der Waals surface area (Å²) in [4.78, 5) is 2.15. The molecule has 310 valence electrons. The van der Waals surface area contributed by atoms with E-state index in [0.29, 0.717) is 23.3 Å². The number of rotatable bonds is 12. The van der Waals surface area contributed by atoms with Gasteiger partial charge in [-0.25, -0.2) is 0 Å². The Labute approximate surface area is 384 Å². The zero-order chi connectivity index (χ0) is 45.5. The quantitative estimate of drug-likeness (QED) is 0.0900. The molecule has 0 fully saturated rings. The Morgan fingerprint density at radius 1 is 0.554 bits per heavy atom. The molecular weight excluding hydrogens is 787 g/mol. The molecule has 2 nitrogen and oxygen atoms in total. The van der Waals surface area contributed by atoms with Gasteiger partial charge in [-0.05, 0) is 116 Å². The van der Waals surface area contributed by atoms with E-state index in [1.807, 2.05) is 72.8 Å². The van der Waals surface area contributed by atoms with Gasteiger partial charge in [0.25, 0.3) is 0 Å². The van der Waals surface area contributed by atoms with Gasteiger partial charge in [-0.15, -0.1) is 13.2 Å². The van der Waals surface area contributed by atoms with Gasteiger partial charge in [-0.1, -0.05) is 194 Å². The standard InChI is InChI=1S/C63H47NO/c1-3-19-48(4-2)63(49-24-12-7-13-25-49)59-30-16-14-26-54(59)55-41-40-52(43-60(55)63)64(50-36-32-46(33-37-50)53-28-18-29-57-56-27-15-17-31-61(56)65-62(53)57)51-38-34-47(35-39-51)58(45-22-10-6-11-23-45)42-44-20-8-5-9-21-44/h3-18,20-43,48H,1-2,19H2/b58-42+/i34D,39D. The molecule has 2 atom stereocenters. The monoisotopic (exact) mass is 835 g/mol. The van der Waals surface area contributed by atoms with Crippen molar-refractivity contribution in [3.63, 3.8) is 0 Å². The number of hydrogen-bond acceptors (Lipinski definition) is 2. The van der Waals surface area contributed by atoms with Crippen molar-refractivity contribution >= 4 is 50.6 Å². The summed E-state index contributed by atoms with van der Waals surface area (Å²) in [6, 6.07) is 73.9. The number of hydrogen-bond donors (Lipinski definition) is 0. The van der Waals surface area contributed by atoms with Gasteiger partial charge in [0.2, 0.25) is 0 Å². The summed E-state index contributed by atoms with van der Waals surface area (Å²) in [6.45, 7) is 8.65. The van der Waals surface area contributed by atoms with Crippen LogP contribution in [0.5, 0.6) is 0 Å². The number of fused-ring (bicyclic) bond motifs is 6. The first-order chi connectivity index (χ1) is 33.0. The summed E-state index contributed by atoms with van der Waals surface area (Å²) in [7, 11) is 0. The molecule has 0 N–H and O–H groups in total. The number of nitrogens with zero attached hydrogens (tertiary/aromatic N) is 1. The molecule has 0 saturated heterocycles. The second kappa shape index (κ2) is 16.8. The van der Waals surface area contributed by atoms with Crippen molar-refractivity contribution in [2.45, 2.75) is 11.8 Å². The maximum atomic E-state index is 9.93. The van der Waals surface area contributed by atoms with E-state index in [4.69, 9.17) is 4.42 Å². The molecular formula is C63H47NO. The Hall–Kier alpha value is -8.20. The minimum Gasteiger partial charge on any atom is -0.455 e. The predicted molar refractivity (Wildman–Crippen MR) is 274 cm³/mol. The molecule has 1 heterocycles. The lowest BCUT2D eigenvalue weighted by Crippen LogP contribution is -2.35. The third-order valence-corrected chi connectivity index (χ3v) is 13.1. The first kappa shape index (κ1) is 37.4. The molecule has 11 rings (SSSR count). The lowest BCUT2D eigenvalue weighted by atomic mass is 9.63. The van der Waals surface area contributed by atoms with Crippen LogP contribution in [0.1, 0.15) is 42.5 Å². The fourth-order valence-corrected chi connectivity index (χ4v) is 10.2. The molecule has 0 spiro atoms. The van der Waals surface area contributed by atoms with Gasteiger partial charge in [-0.3, -0.25) is 0 Å². The molecule has 1 aliphatic carbocycles. The van der Waals surface area contributed by atoms with Crippen LogP contribution in [0.25, 0.3) is 55.8 Å². The molecule has 9 aromatic carbocycles. The van der Waals surface area contributed by atoms with Crippen molar-refractivity contribution in [1.29, 1.82) is 0 Å². The number of furan rings is 1. The highest BCUT2D eigenvalue weighted by atomic mass is 16.3. The molecule has 2 unspecified atom stereocenters. The van der Waals surface area contributed by atoms with Crippen molar-refractivity contribution in [2.75, 3.05) is 4.90 Å². The van der Waals surface area contributed by atoms with Crippen LogP contribution in [-0.2, 0) is 5.41 Å². The van der Waals surface area contributed by atoms with Crippen molar-refractivity contribution in [3.05, 3.63) is 283 Å². The van der Waals surface area contributed by atoms with E-state index in [1.54, 1.807) is 0 Å². The molecule has 10 aromatic rings. The highest BCUT2D eigenvalue weighted by molar-refractivity contribution is 6.09. The Morgan fingerprint density at radius 2 is 1.22 bits per heavy atom. The van der Waals surface area contributed by atoms with Crippen LogP contribution in [0, 0.1) is 5.92 Å². The van der Waals surface area contributed by atoms with E-state index in [9.17, 15) is 2.74 Å². The molecule has 0 amide bonds. The second-order valence-electron chi connectivity index (χ2n) is 16.7. The Bertz CT molecular complexity index is 3500. The fraction of sp³-hybridized carbons (Fsp3) is 0.0476. The van der Waals surface area contributed by atoms with Crippen molar-refractivity contribution < 1.29 is 7.16 Å². The first-order valence-electron chi connectivity index (χ1n) is 23.3. The van der Waals surface area contributed by atoms with Gasteiger partial charge in [0, 0.05) is 33.4 Å². The van der Waals surface area contributed by atoms with Gasteiger partial charge < -0.3 is 9.32 Å². The summed E-state index contributed by atoms with van der Waals surface area (Å²) in [5.74, 6) is -0.0163. The van der Waals surface area contributed by atoms with Crippen molar-refractivity contribution in [2.24, 2.45) is 5.92 Å². The van der Waals surface area contributed by atoms with E-state index >= 15 is 0 Å². The van der Waals surface area contributed by atoms with Crippen LogP contribution >= 0.6 is 0 Å². The van der Waals surface area contributed by atoms with E-state index in [1.165, 1.54) is 16.7 Å². The van der Waals surface area contributed by atoms with Crippen LogP contribution in [0.3, 0.4) is 0 Å². The van der Waals surface area contributed by atoms with Gasteiger partial charge in [-0.2, -0.15) is 0 Å². The SMILES string of the molecule is [2H]c1cc(N(c2ccc(-c3cccc4c3oc3ccccc34)cc2)c2ccc3c(c2)C(c2ccccc2)(C(C=C)CC=C)c2ccccc2-3)c([2H])cc1/C(=C/c1ccccc1)c1ccccc1. The van der Waals surface area contributed by atoms with E-state index in [2.05, 4.69) is 176 Å². The van der Waals surface area contributed by atoms with Gasteiger partial charge in [0.05, 0.1) is 8.16 Å². The maximum absolute atomic E-state index is 9.93. The third kappa shape index (κ3) is 6.83. The topological polar surface area (TPSA) is 16.4 Å². The molecule has 0 aliphatic heterocycles. The summed E-state index contributed by atoms with van der Waals surface area (Å²) < 4.78 is 26.2. The Morgan fingerprint density at radius 3 is 2.00 bits per heavy atom. The smallest absolute Gasteiger partial charge is 0.143 e. The van der Waals surface area contributed by atoms with Crippen LogP contribution in [0.15, 0.2) is 254 Å². The van der Waals surface area contributed by atoms with Crippen molar-refractivity contribution in [3.8, 4) is 22.3 Å². The highest BCUT2D eigenvalue weighted by Gasteiger charge is 2.48. The van der Waals surface area contributed by atoms with E-state index < -0.39 is 5.41 Å². The van der Waals surface area contributed by atoms with Crippen LogP contribution < -0.4 is 4.90 Å². The highest BCUT2D eigenvalue weighted by Crippen LogP contribution is 2.58. The molecule has 1 aromatic heterocycles. The third-order valence-electron chi connectivity index (χ3n) is 13.1. The number of anilines is 3. The fourth-order valence-electron chi connectivity index (χ4n) is 10.2. The average molecular weight is 836 g/mol. The minimum atomic E-state index is -0.582. The number of para-hydroxylation sites is 2. The van der Waals surface area contributed by atoms with Gasteiger partial charge in [0.1, 0.15) is 11.2 Å². The molecule has 0 radical (unpaired) electrons. The predicted octanol–water partition coefficient (Wildman–Crippen LogP) is 17.0. The molecule has 2 heteroatoms. The largest absolute Gasteiger partial charge is 0.455 e. The normalized spacial score (nSPS) is 15.2. The number of benzene rings is 9. The summed E-state index contributed by atoms with van der Waals surface area (Å²) in [5.41, 5.74) is 15.0. The lowest BCUT2D eigenvalue weighted by molar-refractivity contribution is 0.461. The van der Waals surface area contributed by atoms with Crippen molar-refractivity contribution in [1.82, 2.24) is 0 Å². The zero-order valence-electron chi connectivity index (χ0n) is 38.0. The van der Waals surface area contributed by atoms with Crippen LogP contribution in [-0.4, -0.2) is 0 Å². The molecule has 65 heavy (non-hydrogen) atoms. The Kier molecular flexibility index (Phi) is 9.67. The van der Waals surface area contributed by atoms with Gasteiger partial charge >= 0.3 is 0 Å². The summed E-state index contributed by atoms with van der Waals surface area (Å²) in [6.07, 6.45) is 6.93. The van der Waals surface area contributed by atoms with Crippen LogP contribution in [0.4, 0.5) is 17.1 Å². The number of allylic oxidation sites excluding steroid dienone is 2. The Balaban J connectivity index is 1.12. The lowest BCUT2D eigenvalue weighted by Gasteiger charge is -2.39. The minimum absolute atomic E-state index is 0.0163. The van der Waals surface area contributed by atoms with E-state index in [-0.39, 0.29) is 5.92 Å². The maximum Gasteiger partial charge on any atom is 0.143 e. The van der Waals surface area contributed by atoms with Crippen LogP contribution in [0.2, 0.25) is 0 Å². The summed E-state index contributed by atoms with van der Waals surface area (Å²) >= 11 is 0. The zero-order valence-corrected chi connectivity index (χ0v) is 36.0. The van der Waals surface area contributed by atoms with E-state index in [0.717, 1.165) is 78.7 Å². The first-order valence-corrected chi connectivity index (χ1v) is 22.3. The van der Waals surface area contributed by atoms with Gasteiger partial charge in [0.15, 0.2) is 0 Å². The average Bonchev–Trinajstić information content (AvgIpc) is 3.91.